The van der Waals surface area contributed by atoms with Gasteiger partial charge in [-0.25, -0.2) is 14.0 Å². The molecule has 6 rings (SSSR count). The van der Waals surface area contributed by atoms with Crippen molar-refractivity contribution >= 4 is 40.5 Å². The number of hydrogen-bond acceptors (Lipinski definition) is 10. The highest BCUT2D eigenvalue weighted by Gasteiger charge is 2.47. The SMILES string of the molecule is COC1CCC([C@@H]2CCN(C(=O)[C@H]3CC[C@H]([C@@H](CF)NC(=O)OC(C)(C)C)CC3)[C@@H]2C(=O)Nc2ccc3oc(C(=O)OCCCN4CCOC(C)(C)C4)cc3c2)CC1. The minimum Gasteiger partial charge on any atom is -0.460 e. The number of nitrogens with zero attached hydrogens (tertiary/aromatic N) is 2. The lowest BCUT2D eigenvalue weighted by atomic mass is 9.75. The molecule has 0 bridgehead atoms. The van der Waals surface area contributed by atoms with Gasteiger partial charge >= 0.3 is 12.1 Å². The molecule has 1 aromatic heterocycles. The minimum atomic E-state index is -0.714. The van der Waals surface area contributed by atoms with Crippen molar-refractivity contribution in [1.82, 2.24) is 15.1 Å². The number of alkyl halides is 1. The minimum absolute atomic E-state index is 0.000748. The Balaban J connectivity index is 1.08. The molecule has 2 N–H and O–H groups in total. The Hall–Kier alpha value is -3.75. The van der Waals surface area contributed by atoms with Gasteiger partial charge in [0, 0.05) is 50.3 Å². The van der Waals surface area contributed by atoms with Crippen molar-refractivity contribution in [1.29, 1.82) is 0 Å². The molecule has 2 aliphatic carbocycles. The van der Waals surface area contributed by atoms with Gasteiger partial charge in [0.2, 0.25) is 17.6 Å². The first-order valence-electron chi connectivity index (χ1n) is 21.4. The molecular weight excluding hydrogens is 748 g/mol. The number of furan rings is 1. The van der Waals surface area contributed by atoms with Crippen LogP contribution < -0.4 is 10.6 Å². The van der Waals surface area contributed by atoms with Crippen LogP contribution >= 0.6 is 0 Å². The van der Waals surface area contributed by atoms with Crippen LogP contribution in [0.1, 0.15) is 109 Å². The first kappa shape index (κ1) is 43.8. The standard InChI is InChI=1S/C44H65FN4O9/c1-43(2,3)58-42(53)47-35(26-45)29-8-10-30(11-9-29)40(51)49-20-18-34(28-12-15-33(54-6)16-13-28)38(49)39(50)46-32-14-17-36-31(24-32)25-37(57-36)41(52)55-22-7-19-48-21-23-56-44(4,5)27-48/h14,17,24-25,28-30,33-35,38H,7-13,15-16,18-23,26-27H2,1-6H3,(H,46,50)(H,47,53)/t28?,29-,30-,33?,34-,35+,38-/m0/s1. The second kappa shape index (κ2) is 19.1. The Morgan fingerprint density at radius 2 is 1.72 bits per heavy atom. The number of nitrogens with one attached hydrogen (secondary N) is 2. The third-order valence-corrected chi connectivity index (χ3v) is 12.6. The lowest BCUT2D eigenvalue weighted by Crippen LogP contribution is -2.50. The number of rotatable bonds is 13. The topological polar surface area (TPSA) is 149 Å². The van der Waals surface area contributed by atoms with Crippen LogP contribution in [-0.2, 0) is 28.5 Å². The van der Waals surface area contributed by atoms with Gasteiger partial charge in [0.15, 0.2) is 0 Å². The van der Waals surface area contributed by atoms with Crippen LogP contribution in [0.2, 0.25) is 0 Å². The number of halogens is 1. The Bertz CT molecular complexity index is 1730. The number of hydrogen-bond donors (Lipinski definition) is 2. The predicted octanol–water partition coefficient (Wildman–Crippen LogP) is 7.12. The maximum absolute atomic E-state index is 14.4. The lowest BCUT2D eigenvalue weighted by Gasteiger charge is -2.38. The van der Waals surface area contributed by atoms with E-state index in [0.717, 1.165) is 51.7 Å². The molecule has 322 valence electrons. The average molecular weight is 813 g/mol. The van der Waals surface area contributed by atoms with E-state index in [1.807, 2.05) is 0 Å². The summed E-state index contributed by atoms with van der Waals surface area (Å²) in [5, 5.41) is 6.46. The zero-order valence-electron chi connectivity index (χ0n) is 35.3. The Labute approximate surface area is 342 Å². The number of fused-ring (bicyclic) bond motifs is 1. The average Bonchev–Trinajstić information content (AvgIpc) is 3.83. The molecule has 2 saturated carbocycles. The number of benzene rings is 1. The van der Waals surface area contributed by atoms with Crippen LogP contribution in [0.3, 0.4) is 0 Å². The summed E-state index contributed by atoms with van der Waals surface area (Å²) < 4.78 is 42.3. The molecule has 2 saturated heterocycles. The Kier molecular flexibility index (Phi) is 14.4. The van der Waals surface area contributed by atoms with Gasteiger partial charge in [0.1, 0.15) is 23.9 Å². The summed E-state index contributed by atoms with van der Waals surface area (Å²) in [7, 11) is 1.74. The number of morpholine rings is 1. The van der Waals surface area contributed by atoms with Gasteiger partial charge in [-0.15, -0.1) is 0 Å². The smallest absolute Gasteiger partial charge is 0.407 e. The first-order valence-corrected chi connectivity index (χ1v) is 21.4. The van der Waals surface area contributed by atoms with Crippen molar-refractivity contribution in [2.75, 3.05) is 58.5 Å². The van der Waals surface area contributed by atoms with Gasteiger partial charge in [0.05, 0.1) is 31.0 Å². The van der Waals surface area contributed by atoms with Crippen LogP contribution in [-0.4, -0.2) is 116 Å². The fraction of sp³-hybridized carbons (Fsp3) is 0.727. The molecule has 1 aromatic carbocycles. The fourth-order valence-corrected chi connectivity index (χ4v) is 9.66. The zero-order chi connectivity index (χ0) is 41.6. The number of likely N-dealkylation sites (tertiary alicyclic amines) is 1. The molecule has 3 heterocycles. The van der Waals surface area contributed by atoms with Crippen molar-refractivity contribution in [3.05, 3.63) is 30.0 Å². The number of esters is 1. The zero-order valence-corrected chi connectivity index (χ0v) is 35.3. The van der Waals surface area contributed by atoms with Crippen molar-refractivity contribution in [3.63, 3.8) is 0 Å². The van der Waals surface area contributed by atoms with Crippen molar-refractivity contribution in [2.45, 2.75) is 128 Å². The lowest BCUT2D eigenvalue weighted by molar-refractivity contribution is -0.142. The van der Waals surface area contributed by atoms with E-state index in [1.54, 1.807) is 57.0 Å². The van der Waals surface area contributed by atoms with Gasteiger partial charge in [-0.1, -0.05) is 0 Å². The van der Waals surface area contributed by atoms with Gasteiger partial charge < -0.3 is 38.9 Å². The van der Waals surface area contributed by atoms with Gasteiger partial charge in [-0.05, 0) is 141 Å². The molecular formula is C44H65FN4O9. The summed E-state index contributed by atoms with van der Waals surface area (Å²) in [4.78, 5) is 58.1. The van der Waals surface area contributed by atoms with Crippen LogP contribution in [0.25, 0.3) is 11.0 Å². The molecule has 4 aliphatic rings. The molecule has 2 aromatic rings. The molecule has 13 nitrogen and oxygen atoms in total. The molecule has 0 radical (unpaired) electrons. The quantitative estimate of drug-likeness (QED) is 0.158. The number of alkyl carbamates (subject to hydrolysis) is 1. The van der Waals surface area contributed by atoms with E-state index in [9.17, 15) is 23.6 Å². The number of anilines is 1. The van der Waals surface area contributed by atoms with Gasteiger partial charge in [0.25, 0.3) is 0 Å². The van der Waals surface area contributed by atoms with Crippen molar-refractivity contribution in [3.8, 4) is 0 Å². The monoisotopic (exact) mass is 812 g/mol. The normalized spacial score (nSPS) is 27.2. The summed E-state index contributed by atoms with van der Waals surface area (Å²) >= 11 is 0. The molecule has 14 heteroatoms. The molecule has 4 fully saturated rings. The summed E-state index contributed by atoms with van der Waals surface area (Å²) in [6.45, 7) is 12.7. The summed E-state index contributed by atoms with van der Waals surface area (Å²) in [6.07, 6.45) is 6.99. The highest BCUT2D eigenvalue weighted by molar-refractivity contribution is 6.00. The van der Waals surface area contributed by atoms with E-state index >= 15 is 0 Å². The van der Waals surface area contributed by atoms with Gasteiger partial charge in [-0.2, -0.15) is 0 Å². The number of carbonyl (C=O) groups is 4. The highest BCUT2D eigenvalue weighted by atomic mass is 19.1. The van der Waals surface area contributed by atoms with E-state index in [4.69, 9.17) is 23.4 Å². The Morgan fingerprint density at radius 3 is 2.40 bits per heavy atom. The van der Waals surface area contributed by atoms with Crippen molar-refractivity contribution in [2.24, 2.45) is 23.7 Å². The first-order chi connectivity index (χ1) is 27.6. The van der Waals surface area contributed by atoms with E-state index in [-0.39, 0.29) is 59.6 Å². The predicted molar refractivity (Wildman–Crippen MR) is 217 cm³/mol. The van der Waals surface area contributed by atoms with Crippen LogP contribution in [0.4, 0.5) is 14.9 Å². The fourth-order valence-electron chi connectivity index (χ4n) is 9.66. The molecule has 58 heavy (non-hydrogen) atoms. The summed E-state index contributed by atoms with van der Waals surface area (Å²) in [6, 6.07) is 5.56. The molecule has 0 unspecified atom stereocenters. The van der Waals surface area contributed by atoms with E-state index in [2.05, 4.69) is 29.4 Å². The summed E-state index contributed by atoms with van der Waals surface area (Å²) in [5.74, 6) is -0.831. The van der Waals surface area contributed by atoms with Crippen LogP contribution in [0.5, 0.6) is 0 Å². The van der Waals surface area contributed by atoms with Crippen LogP contribution in [0, 0.1) is 23.7 Å². The second-order valence-corrected chi connectivity index (χ2v) is 18.4. The molecule has 0 spiro atoms. The van der Waals surface area contributed by atoms with E-state index in [1.165, 1.54) is 0 Å². The Morgan fingerprint density at radius 1 is 0.983 bits per heavy atom. The number of amides is 3. The third kappa shape index (κ3) is 11.3. The van der Waals surface area contributed by atoms with E-state index < -0.39 is 36.4 Å². The van der Waals surface area contributed by atoms with Crippen LogP contribution in [0.15, 0.2) is 28.7 Å². The number of methoxy groups -OCH3 is 1. The maximum Gasteiger partial charge on any atom is 0.407 e. The highest BCUT2D eigenvalue weighted by Crippen LogP contribution is 2.42. The number of carbonyl (C=O) groups excluding carboxylic acids is 4. The molecule has 2 aliphatic heterocycles. The second-order valence-electron chi connectivity index (χ2n) is 18.4. The van der Waals surface area contributed by atoms with Gasteiger partial charge in [-0.3, -0.25) is 14.5 Å². The summed E-state index contributed by atoms with van der Waals surface area (Å²) in [5.41, 5.74) is 0.164. The largest absolute Gasteiger partial charge is 0.460 e. The number of ether oxygens (including phenoxy) is 4. The third-order valence-electron chi connectivity index (χ3n) is 12.6. The van der Waals surface area contributed by atoms with E-state index in [0.29, 0.717) is 61.9 Å². The maximum atomic E-state index is 14.4. The molecule has 3 atom stereocenters. The molecule has 3 amide bonds. The van der Waals surface area contributed by atoms with Crippen molar-refractivity contribution < 1.29 is 46.9 Å².